The molecule has 0 fully saturated rings. The van der Waals surface area contributed by atoms with Crippen molar-refractivity contribution in [3.8, 4) is 17.0 Å². The highest BCUT2D eigenvalue weighted by molar-refractivity contribution is 5.63. The molecule has 0 amide bonds. The highest BCUT2D eigenvalue weighted by Crippen LogP contribution is 2.32. The minimum Gasteiger partial charge on any atom is -0.497 e. The van der Waals surface area contributed by atoms with Crippen LogP contribution in [0.5, 0.6) is 5.75 Å². The summed E-state index contributed by atoms with van der Waals surface area (Å²) < 4.78 is 46.7. The van der Waals surface area contributed by atoms with E-state index < -0.39 is 11.9 Å². The molecule has 0 aliphatic rings. The third-order valence-corrected chi connectivity index (χ3v) is 4.16. The van der Waals surface area contributed by atoms with Crippen molar-refractivity contribution in [3.63, 3.8) is 0 Å². The largest absolute Gasteiger partial charge is 0.497 e. The zero-order valence-corrected chi connectivity index (χ0v) is 15.0. The third-order valence-electron chi connectivity index (χ3n) is 4.16. The summed E-state index contributed by atoms with van der Waals surface area (Å²) in [5.41, 5.74) is 1.40. The van der Waals surface area contributed by atoms with Gasteiger partial charge in [0.25, 0.3) is 0 Å². The molecule has 1 aromatic carbocycles. The Morgan fingerprint density at radius 1 is 1.19 bits per heavy atom. The third kappa shape index (κ3) is 4.18. The summed E-state index contributed by atoms with van der Waals surface area (Å²) >= 11 is 0. The van der Waals surface area contributed by atoms with Crippen LogP contribution in [0, 0.1) is 6.92 Å². The van der Waals surface area contributed by atoms with Gasteiger partial charge in [-0.3, -0.25) is 4.68 Å². The number of alkyl halides is 3. The molecule has 0 saturated carbocycles. The van der Waals surface area contributed by atoms with E-state index in [1.54, 1.807) is 42.2 Å². The molecule has 2 heterocycles. The Bertz CT molecular complexity index is 952. The molecule has 27 heavy (non-hydrogen) atoms. The number of rotatable bonds is 5. The average Bonchev–Trinajstić information content (AvgIpc) is 2.97. The number of benzene rings is 1. The number of aryl methyl sites for hydroxylation is 1. The lowest BCUT2D eigenvalue weighted by Gasteiger charge is -2.12. The summed E-state index contributed by atoms with van der Waals surface area (Å²) in [5.74, 6) is 0.422. The number of aromatic nitrogens is 4. The van der Waals surface area contributed by atoms with Crippen LogP contribution in [0.4, 0.5) is 19.1 Å². The normalized spacial score (nSPS) is 11.5. The van der Waals surface area contributed by atoms with Crippen molar-refractivity contribution in [1.82, 2.24) is 19.7 Å². The van der Waals surface area contributed by atoms with Crippen LogP contribution < -0.4 is 10.1 Å². The van der Waals surface area contributed by atoms with Crippen molar-refractivity contribution in [3.05, 3.63) is 53.5 Å². The number of nitrogens with zero attached hydrogens (tertiary/aromatic N) is 4. The smallest absolute Gasteiger partial charge is 0.433 e. The van der Waals surface area contributed by atoms with E-state index in [0.29, 0.717) is 11.3 Å². The minimum absolute atomic E-state index is 0.106. The standard InChI is InChI=1S/C18H18F3N5O/c1-11-13(10-23-26(11)2)9-22-17-24-15(8-16(25-17)18(19,20)21)12-5-4-6-14(7-12)27-3/h4-8,10H,9H2,1-3H3,(H,22,24,25). The van der Waals surface area contributed by atoms with Crippen LogP contribution in [0.1, 0.15) is 17.0 Å². The molecule has 0 unspecified atom stereocenters. The van der Waals surface area contributed by atoms with Gasteiger partial charge in [0.15, 0.2) is 5.69 Å². The van der Waals surface area contributed by atoms with Crippen LogP contribution >= 0.6 is 0 Å². The minimum atomic E-state index is -4.59. The van der Waals surface area contributed by atoms with Crippen molar-refractivity contribution < 1.29 is 17.9 Å². The molecule has 3 rings (SSSR count). The van der Waals surface area contributed by atoms with Gasteiger partial charge in [-0.2, -0.15) is 18.3 Å². The van der Waals surface area contributed by atoms with Gasteiger partial charge in [0.05, 0.1) is 19.0 Å². The molecule has 0 spiro atoms. The number of hydrogen-bond acceptors (Lipinski definition) is 5. The second kappa shape index (κ2) is 7.26. The highest BCUT2D eigenvalue weighted by Gasteiger charge is 2.33. The Morgan fingerprint density at radius 3 is 2.59 bits per heavy atom. The average molecular weight is 377 g/mol. The first kappa shape index (κ1) is 18.7. The van der Waals surface area contributed by atoms with Crippen LogP contribution in [0.25, 0.3) is 11.3 Å². The maximum Gasteiger partial charge on any atom is 0.433 e. The summed E-state index contributed by atoms with van der Waals surface area (Å²) in [4.78, 5) is 7.86. The Hall–Kier alpha value is -3.10. The first-order valence-electron chi connectivity index (χ1n) is 8.10. The molecule has 0 radical (unpaired) electrons. The molecule has 1 N–H and O–H groups in total. The van der Waals surface area contributed by atoms with Gasteiger partial charge in [-0.25, -0.2) is 9.97 Å². The van der Waals surface area contributed by atoms with E-state index in [0.717, 1.165) is 17.3 Å². The van der Waals surface area contributed by atoms with Gasteiger partial charge in [0, 0.05) is 30.4 Å². The van der Waals surface area contributed by atoms with E-state index >= 15 is 0 Å². The van der Waals surface area contributed by atoms with Crippen molar-refractivity contribution in [2.45, 2.75) is 19.6 Å². The van der Waals surface area contributed by atoms with Gasteiger partial charge >= 0.3 is 6.18 Å². The van der Waals surface area contributed by atoms with Crippen LogP contribution in [0.2, 0.25) is 0 Å². The van der Waals surface area contributed by atoms with Crippen LogP contribution in [0.3, 0.4) is 0 Å². The van der Waals surface area contributed by atoms with E-state index in [9.17, 15) is 13.2 Å². The number of anilines is 1. The molecule has 0 aliphatic heterocycles. The number of nitrogens with one attached hydrogen (secondary N) is 1. The summed E-state index contributed by atoms with van der Waals surface area (Å²) in [5, 5.41) is 6.97. The summed E-state index contributed by atoms with van der Waals surface area (Å²) in [6, 6.07) is 7.61. The predicted octanol–water partition coefficient (Wildman–Crippen LogP) is 3.83. The van der Waals surface area contributed by atoms with Crippen LogP contribution in [0.15, 0.2) is 36.5 Å². The van der Waals surface area contributed by atoms with Gasteiger partial charge in [-0.15, -0.1) is 0 Å². The molecule has 0 aliphatic carbocycles. The zero-order chi connectivity index (χ0) is 19.6. The molecule has 0 bridgehead atoms. The number of ether oxygens (including phenoxy) is 1. The molecule has 6 nitrogen and oxygen atoms in total. The van der Waals surface area contributed by atoms with Crippen molar-refractivity contribution in [2.75, 3.05) is 12.4 Å². The summed E-state index contributed by atoms with van der Waals surface area (Å²) in [7, 11) is 3.28. The molecule has 9 heteroatoms. The van der Waals surface area contributed by atoms with Crippen molar-refractivity contribution in [1.29, 1.82) is 0 Å². The first-order chi connectivity index (χ1) is 12.8. The second-order valence-corrected chi connectivity index (χ2v) is 5.92. The number of hydrogen-bond donors (Lipinski definition) is 1. The lowest BCUT2D eigenvalue weighted by molar-refractivity contribution is -0.141. The van der Waals surface area contributed by atoms with Crippen molar-refractivity contribution >= 4 is 5.95 Å². The van der Waals surface area contributed by atoms with E-state index in [1.807, 2.05) is 6.92 Å². The van der Waals surface area contributed by atoms with Crippen LogP contribution in [-0.2, 0) is 19.8 Å². The van der Waals surface area contributed by atoms with Gasteiger partial charge < -0.3 is 10.1 Å². The molecule has 3 aromatic rings. The summed E-state index contributed by atoms with van der Waals surface area (Å²) in [6.45, 7) is 2.14. The molecule has 142 valence electrons. The van der Waals surface area contributed by atoms with Crippen molar-refractivity contribution in [2.24, 2.45) is 7.05 Å². The lowest BCUT2D eigenvalue weighted by atomic mass is 10.1. The Labute approximate surface area is 154 Å². The second-order valence-electron chi connectivity index (χ2n) is 5.92. The van der Waals surface area contributed by atoms with Gasteiger partial charge in [-0.05, 0) is 25.1 Å². The molecular weight excluding hydrogens is 359 g/mol. The van der Waals surface area contributed by atoms with Gasteiger partial charge in [0.1, 0.15) is 5.75 Å². The van der Waals surface area contributed by atoms with Crippen LogP contribution in [-0.4, -0.2) is 26.9 Å². The highest BCUT2D eigenvalue weighted by atomic mass is 19.4. The van der Waals surface area contributed by atoms with Gasteiger partial charge in [0.2, 0.25) is 5.95 Å². The summed E-state index contributed by atoms with van der Waals surface area (Å²) in [6.07, 6.45) is -2.93. The van der Waals surface area contributed by atoms with E-state index in [1.165, 1.54) is 7.11 Å². The molecule has 0 saturated heterocycles. The topological polar surface area (TPSA) is 64.9 Å². The predicted molar refractivity (Wildman–Crippen MR) is 94.3 cm³/mol. The maximum absolute atomic E-state index is 13.3. The van der Waals surface area contributed by atoms with E-state index in [-0.39, 0.29) is 18.2 Å². The lowest BCUT2D eigenvalue weighted by Crippen LogP contribution is -2.13. The first-order valence-corrected chi connectivity index (χ1v) is 8.10. The monoisotopic (exact) mass is 377 g/mol. The van der Waals surface area contributed by atoms with E-state index in [2.05, 4.69) is 20.4 Å². The Balaban J connectivity index is 1.96. The fraction of sp³-hybridized carbons (Fsp3) is 0.278. The van der Waals surface area contributed by atoms with Gasteiger partial charge in [-0.1, -0.05) is 12.1 Å². The van der Waals surface area contributed by atoms with E-state index in [4.69, 9.17) is 4.74 Å². The quantitative estimate of drug-likeness (QED) is 0.732. The fourth-order valence-electron chi connectivity index (χ4n) is 2.49. The number of halogens is 3. The Morgan fingerprint density at radius 2 is 1.96 bits per heavy atom. The fourth-order valence-corrected chi connectivity index (χ4v) is 2.49. The maximum atomic E-state index is 13.3. The molecule has 0 atom stereocenters. The molecule has 2 aromatic heterocycles. The SMILES string of the molecule is COc1cccc(-c2cc(C(F)(F)F)nc(NCc3cnn(C)c3C)n2)c1. The Kier molecular flexibility index (Phi) is 5.02. The number of methoxy groups -OCH3 is 1. The zero-order valence-electron chi connectivity index (χ0n) is 15.0. The molecular formula is C18H18F3N5O.